The number of aromatic nitrogens is 3. The molecule has 0 unspecified atom stereocenters. The molecule has 0 amide bonds. The zero-order chi connectivity index (χ0) is 16.6. The zero-order valence-corrected chi connectivity index (χ0v) is 13.5. The number of para-hydroxylation sites is 1. The highest BCUT2D eigenvalue weighted by Crippen LogP contribution is 2.20. The standard InChI is InChI=1S/C18H21N5O/c19-9-8-17-22-16-7-2-1-6-15(16)18(23-17)21-11-4-12-24-14-5-3-10-20-13-14/h1-3,5-7,10,13H,4,8-9,11-12,19H2,(H,21,22,23). The van der Waals surface area contributed by atoms with E-state index in [1.807, 2.05) is 36.4 Å². The molecular weight excluding hydrogens is 302 g/mol. The highest BCUT2D eigenvalue weighted by molar-refractivity contribution is 5.88. The number of rotatable bonds is 8. The van der Waals surface area contributed by atoms with Crippen molar-refractivity contribution in [3.8, 4) is 5.75 Å². The number of ether oxygens (including phenoxy) is 1. The number of hydrogen-bond acceptors (Lipinski definition) is 6. The highest BCUT2D eigenvalue weighted by atomic mass is 16.5. The molecule has 0 saturated heterocycles. The summed E-state index contributed by atoms with van der Waals surface area (Å²) in [5.74, 6) is 2.41. The molecule has 0 aliphatic heterocycles. The molecule has 0 atom stereocenters. The maximum absolute atomic E-state index is 5.64. The normalized spacial score (nSPS) is 10.7. The van der Waals surface area contributed by atoms with E-state index in [-0.39, 0.29) is 0 Å². The Hall–Kier alpha value is -2.73. The van der Waals surface area contributed by atoms with Gasteiger partial charge in [0.05, 0.1) is 18.3 Å². The van der Waals surface area contributed by atoms with Gasteiger partial charge in [0.15, 0.2) is 0 Å². The van der Waals surface area contributed by atoms with Crippen molar-refractivity contribution in [2.75, 3.05) is 25.0 Å². The van der Waals surface area contributed by atoms with E-state index in [9.17, 15) is 0 Å². The number of nitrogens with one attached hydrogen (secondary N) is 1. The predicted molar refractivity (Wildman–Crippen MR) is 95.1 cm³/mol. The number of benzene rings is 1. The average molecular weight is 323 g/mol. The van der Waals surface area contributed by atoms with E-state index in [1.165, 1.54) is 0 Å². The summed E-state index contributed by atoms with van der Waals surface area (Å²) in [6.07, 6.45) is 4.97. The minimum Gasteiger partial charge on any atom is -0.492 e. The lowest BCUT2D eigenvalue weighted by Gasteiger charge is -2.11. The summed E-state index contributed by atoms with van der Waals surface area (Å²) >= 11 is 0. The van der Waals surface area contributed by atoms with Crippen LogP contribution in [0.5, 0.6) is 5.75 Å². The Balaban J connectivity index is 1.59. The SMILES string of the molecule is NCCc1nc(NCCCOc2cccnc2)c2ccccc2n1. The van der Waals surface area contributed by atoms with Crippen LogP contribution >= 0.6 is 0 Å². The van der Waals surface area contributed by atoms with Crippen LogP contribution in [0.15, 0.2) is 48.8 Å². The fraction of sp³-hybridized carbons (Fsp3) is 0.278. The number of nitrogens with two attached hydrogens (primary N) is 1. The van der Waals surface area contributed by atoms with Gasteiger partial charge in [0, 0.05) is 24.5 Å². The molecule has 2 aromatic heterocycles. The number of anilines is 1. The molecule has 2 heterocycles. The molecule has 3 rings (SSSR count). The molecule has 0 aliphatic rings. The first-order chi connectivity index (χ1) is 11.9. The van der Waals surface area contributed by atoms with Gasteiger partial charge in [0.1, 0.15) is 17.4 Å². The summed E-state index contributed by atoms with van der Waals surface area (Å²) in [7, 11) is 0. The van der Waals surface area contributed by atoms with Gasteiger partial charge in [-0.3, -0.25) is 4.98 Å². The van der Waals surface area contributed by atoms with Crippen LogP contribution in [0.1, 0.15) is 12.2 Å². The summed E-state index contributed by atoms with van der Waals surface area (Å²) < 4.78 is 5.64. The van der Waals surface area contributed by atoms with Crippen LogP contribution in [0, 0.1) is 0 Å². The Morgan fingerprint density at radius 2 is 2.00 bits per heavy atom. The molecule has 24 heavy (non-hydrogen) atoms. The number of pyridine rings is 1. The van der Waals surface area contributed by atoms with Crippen LogP contribution < -0.4 is 15.8 Å². The Morgan fingerprint density at radius 3 is 2.83 bits per heavy atom. The Bertz CT molecular complexity index is 779. The summed E-state index contributed by atoms with van der Waals surface area (Å²) in [6.45, 7) is 1.93. The lowest BCUT2D eigenvalue weighted by Crippen LogP contribution is -2.12. The molecule has 0 radical (unpaired) electrons. The van der Waals surface area contributed by atoms with Crippen molar-refractivity contribution in [3.05, 3.63) is 54.6 Å². The Labute approximate surface area is 141 Å². The fourth-order valence-electron chi connectivity index (χ4n) is 2.40. The van der Waals surface area contributed by atoms with E-state index in [4.69, 9.17) is 10.5 Å². The fourth-order valence-corrected chi connectivity index (χ4v) is 2.40. The lowest BCUT2D eigenvalue weighted by atomic mass is 10.2. The third kappa shape index (κ3) is 4.17. The first-order valence-corrected chi connectivity index (χ1v) is 8.09. The van der Waals surface area contributed by atoms with E-state index in [0.717, 1.165) is 41.3 Å². The van der Waals surface area contributed by atoms with Gasteiger partial charge in [-0.1, -0.05) is 12.1 Å². The van der Waals surface area contributed by atoms with E-state index in [1.54, 1.807) is 12.4 Å². The Morgan fingerprint density at radius 1 is 1.08 bits per heavy atom. The summed E-state index contributed by atoms with van der Waals surface area (Å²) in [5.41, 5.74) is 6.56. The zero-order valence-electron chi connectivity index (χ0n) is 13.5. The third-order valence-corrected chi connectivity index (χ3v) is 3.53. The summed E-state index contributed by atoms with van der Waals surface area (Å²) in [6, 6.07) is 11.7. The van der Waals surface area contributed by atoms with Gasteiger partial charge in [-0.05, 0) is 37.2 Å². The van der Waals surface area contributed by atoms with E-state index < -0.39 is 0 Å². The molecule has 1 aromatic carbocycles. The van der Waals surface area contributed by atoms with E-state index >= 15 is 0 Å². The second-order valence-corrected chi connectivity index (χ2v) is 5.36. The van der Waals surface area contributed by atoms with Crippen LogP contribution in [0.3, 0.4) is 0 Å². The van der Waals surface area contributed by atoms with Crippen LogP contribution in [0.4, 0.5) is 5.82 Å². The average Bonchev–Trinajstić information content (AvgIpc) is 2.62. The third-order valence-electron chi connectivity index (χ3n) is 3.53. The summed E-state index contributed by atoms with van der Waals surface area (Å²) in [5, 5.41) is 4.41. The largest absolute Gasteiger partial charge is 0.492 e. The van der Waals surface area contributed by atoms with Gasteiger partial charge >= 0.3 is 0 Å². The Kier molecular flexibility index (Phi) is 5.52. The van der Waals surface area contributed by atoms with Crippen molar-refractivity contribution >= 4 is 16.7 Å². The van der Waals surface area contributed by atoms with Crippen molar-refractivity contribution in [3.63, 3.8) is 0 Å². The van der Waals surface area contributed by atoms with Gasteiger partial charge in [0.2, 0.25) is 0 Å². The van der Waals surface area contributed by atoms with Crippen molar-refractivity contribution in [1.82, 2.24) is 15.0 Å². The van der Waals surface area contributed by atoms with E-state index in [2.05, 4.69) is 20.3 Å². The molecule has 6 heteroatoms. The molecule has 0 aliphatic carbocycles. The molecule has 6 nitrogen and oxygen atoms in total. The van der Waals surface area contributed by atoms with Crippen molar-refractivity contribution in [2.45, 2.75) is 12.8 Å². The molecule has 3 aromatic rings. The van der Waals surface area contributed by atoms with Crippen molar-refractivity contribution in [1.29, 1.82) is 0 Å². The maximum Gasteiger partial charge on any atom is 0.137 e. The second-order valence-electron chi connectivity index (χ2n) is 5.36. The lowest BCUT2D eigenvalue weighted by molar-refractivity contribution is 0.314. The molecule has 0 bridgehead atoms. The quantitative estimate of drug-likeness (QED) is 0.619. The van der Waals surface area contributed by atoms with Crippen molar-refractivity contribution < 1.29 is 4.74 Å². The van der Waals surface area contributed by atoms with Crippen LogP contribution in [-0.2, 0) is 6.42 Å². The number of fused-ring (bicyclic) bond motifs is 1. The van der Waals surface area contributed by atoms with Gasteiger partial charge in [-0.25, -0.2) is 9.97 Å². The summed E-state index contributed by atoms with van der Waals surface area (Å²) in [4.78, 5) is 13.2. The molecule has 0 saturated carbocycles. The first-order valence-electron chi connectivity index (χ1n) is 8.09. The predicted octanol–water partition coefficient (Wildman–Crippen LogP) is 2.41. The van der Waals surface area contributed by atoms with Crippen LogP contribution in [0.2, 0.25) is 0 Å². The number of hydrogen-bond donors (Lipinski definition) is 2. The van der Waals surface area contributed by atoms with Gasteiger partial charge in [-0.2, -0.15) is 0 Å². The first kappa shape index (κ1) is 16.1. The number of nitrogens with zero attached hydrogens (tertiary/aromatic N) is 3. The van der Waals surface area contributed by atoms with Gasteiger partial charge in [-0.15, -0.1) is 0 Å². The van der Waals surface area contributed by atoms with E-state index in [0.29, 0.717) is 19.6 Å². The van der Waals surface area contributed by atoms with Crippen LogP contribution in [-0.4, -0.2) is 34.6 Å². The smallest absolute Gasteiger partial charge is 0.137 e. The maximum atomic E-state index is 5.64. The molecule has 124 valence electrons. The van der Waals surface area contributed by atoms with Gasteiger partial charge in [0.25, 0.3) is 0 Å². The van der Waals surface area contributed by atoms with Gasteiger partial charge < -0.3 is 15.8 Å². The molecular formula is C18H21N5O. The molecule has 0 spiro atoms. The molecule has 3 N–H and O–H groups in total. The minimum absolute atomic E-state index is 0.538. The van der Waals surface area contributed by atoms with Crippen molar-refractivity contribution in [2.24, 2.45) is 5.73 Å². The second kappa shape index (κ2) is 8.21. The van der Waals surface area contributed by atoms with Crippen LogP contribution in [0.25, 0.3) is 10.9 Å². The molecule has 0 fully saturated rings. The highest BCUT2D eigenvalue weighted by Gasteiger charge is 2.06. The minimum atomic E-state index is 0.538. The topological polar surface area (TPSA) is 86.0 Å². The monoisotopic (exact) mass is 323 g/mol.